The van der Waals surface area contributed by atoms with Crippen molar-refractivity contribution in [1.82, 2.24) is 15.3 Å². The number of aliphatic hydroxyl groups excluding tert-OH is 2. The molecule has 45 heavy (non-hydrogen) atoms. The summed E-state index contributed by atoms with van der Waals surface area (Å²) in [4.78, 5) is 21.2. The van der Waals surface area contributed by atoms with E-state index in [0.29, 0.717) is 0 Å². The molecule has 13 heteroatoms. The van der Waals surface area contributed by atoms with Gasteiger partial charge >= 0.3 is 0 Å². The van der Waals surface area contributed by atoms with Crippen LogP contribution in [-0.4, -0.2) is 89.2 Å². The average molecular weight is 664 g/mol. The van der Waals surface area contributed by atoms with Gasteiger partial charge in [-0.25, -0.2) is 9.97 Å². The molecule has 1 aromatic heterocycles. The number of likely N-dealkylation sites (tertiary alicyclic amines) is 1. The van der Waals surface area contributed by atoms with Crippen LogP contribution < -0.4 is 38.7 Å². The Balaban J connectivity index is 0.00000552. The molecule has 1 aliphatic rings. The van der Waals surface area contributed by atoms with Crippen molar-refractivity contribution >= 4 is 29.1 Å². The summed E-state index contributed by atoms with van der Waals surface area (Å²) in [5.41, 5.74) is 14.1. The van der Waals surface area contributed by atoms with Crippen LogP contribution in [0.4, 0.5) is 11.6 Å². The predicted octanol–water partition coefficient (Wildman–Crippen LogP) is 0.0152. The van der Waals surface area contributed by atoms with Crippen LogP contribution in [-0.2, 0) is 12.8 Å². The van der Waals surface area contributed by atoms with Crippen LogP contribution >= 0.6 is 11.6 Å². The molecule has 2 aromatic carbocycles. The van der Waals surface area contributed by atoms with E-state index in [0.717, 1.165) is 80.7 Å². The van der Waals surface area contributed by atoms with Gasteiger partial charge in [0.2, 0.25) is 0 Å². The number of nitrogens with zero attached hydrogens (tertiary/aromatic N) is 3. The molecule has 7 N–H and O–H groups in total. The number of quaternary nitrogens is 1. The number of aliphatic hydroxyl groups is 2. The van der Waals surface area contributed by atoms with E-state index >= 15 is 0 Å². The van der Waals surface area contributed by atoms with Crippen LogP contribution in [0.25, 0.3) is 0 Å². The first-order valence-electron chi connectivity index (χ1n) is 15.2. The molecular weight excluding hydrogens is 619 g/mol. The van der Waals surface area contributed by atoms with Crippen LogP contribution in [0.2, 0.25) is 5.15 Å². The SMILES string of the molecule is Nc1nc(N)c(C(=O)NC2CCC[N+](CCCc3ccc(OCCO)cc3)(CCCc3ccc(OCCO)cc3)C2)nc1Cl.[Cl-]. The number of anilines is 2. The van der Waals surface area contributed by atoms with E-state index in [1.807, 2.05) is 24.3 Å². The third kappa shape index (κ3) is 10.9. The first kappa shape index (κ1) is 36.1. The van der Waals surface area contributed by atoms with E-state index in [1.54, 1.807) is 0 Å². The van der Waals surface area contributed by atoms with E-state index in [2.05, 4.69) is 39.6 Å². The second-order valence-corrected chi connectivity index (χ2v) is 11.6. The van der Waals surface area contributed by atoms with Crippen molar-refractivity contribution in [2.75, 3.05) is 64.1 Å². The zero-order chi connectivity index (χ0) is 31.4. The fourth-order valence-corrected chi connectivity index (χ4v) is 6.02. The number of hydrogen-bond acceptors (Lipinski definition) is 9. The molecule has 2 heterocycles. The minimum Gasteiger partial charge on any atom is -1.00 e. The summed E-state index contributed by atoms with van der Waals surface area (Å²) in [6.07, 6.45) is 5.72. The number of rotatable bonds is 16. The summed E-state index contributed by atoms with van der Waals surface area (Å²) in [5, 5.41) is 21.1. The quantitative estimate of drug-likeness (QED) is 0.133. The molecule has 0 radical (unpaired) electrons. The predicted molar refractivity (Wildman–Crippen MR) is 171 cm³/mol. The van der Waals surface area contributed by atoms with Crippen molar-refractivity contribution in [1.29, 1.82) is 0 Å². The molecule has 4 rings (SSSR count). The lowest BCUT2D eigenvalue weighted by Crippen LogP contribution is -3.00. The Bertz CT molecular complexity index is 1290. The highest BCUT2D eigenvalue weighted by Crippen LogP contribution is 2.25. The number of ether oxygens (including phenoxy) is 2. The third-order valence-corrected chi connectivity index (χ3v) is 8.29. The van der Waals surface area contributed by atoms with Gasteiger partial charge in [0, 0.05) is 12.8 Å². The van der Waals surface area contributed by atoms with Gasteiger partial charge in [-0.2, -0.15) is 0 Å². The van der Waals surface area contributed by atoms with Gasteiger partial charge in [-0.1, -0.05) is 35.9 Å². The van der Waals surface area contributed by atoms with Crippen molar-refractivity contribution in [3.8, 4) is 11.5 Å². The molecule has 1 saturated heterocycles. The minimum atomic E-state index is -0.395. The lowest BCUT2D eigenvalue weighted by atomic mass is 9.99. The topological polar surface area (TPSA) is 166 Å². The molecule has 0 aliphatic carbocycles. The molecule has 1 atom stereocenters. The second-order valence-electron chi connectivity index (χ2n) is 11.3. The summed E-state index contributed by atoms with van der Waals surface area (Å²) in [7, 11) is 0. The van der Waals surface area contributed by atoms with Gasteiger partial charge in [-0.15, -0.1) is 0 Å². The number of amides is 1. The number of aromatic nitrogens is 2. The van der Waals surface area contributed by atoms with Crippen LogP contribution in [0.1, 0.15) is 47.3 Å². The monoisotopic (exact) mass is 662 g/mol. The molecule has 1 fully saturated rings. The number of nitrogens with two attached hydrogens (primary N) is 2. The molecule has 0 spiro atoms. The molecular formula is C32H44Cl2N6O5. The number of piperidine rings is 1. The number of nitrogens with one attached hydrogen (secondary N) is 1. The van der Waals surface area contributed by atoms with Gasteiger partial charge < -0.3 is 53.4 Å². The standard InChI is InChI=1S/C32H43ClN6O5.ClH/c33-29-31(35)38-30(34)28(37-29)32(42)36-25-6-3-17-39(22-25,15-1-4-23-7-11-26(12-8-23)43-20-18-40)16-2-5-24-9-13-27(14-10-24)44-21-19-41;/h7-14,25,40-41H,1-6,15-22H2,(H4-,34,35,36,38,42);1H. The summed E-state index contributed by atoms with van der Waals surface area (Å²) in [6.45, 7) is 4.36. The van der Waals surface area contributed by atoms with Gasteiger partial charge in [0.05, 0.1) is 45.4 Å². The zero-order valence-corrected chi connectivity index (χ0v) is 27.0. The van der Waals surface area contributed by atoms with Crippen molar-refractivity contribution in [2.45, 2.75) is 44.6 Å². The van der Waals surface area contributed by atoms with Crippen LogP contribution in [0.5, 0.6) is 11.5 Å². The third-order valence-electron chi connectivity index (χ3n) is 8.01. The molecule has 1 amide bonds. The Labute approximate surface area is 275 Å². The van der Waals surface area contributed by atoms with Gasteiger partial charge in [-0.3, -0.25) is 4.79 Å². The van der Waals surface area contributed by atoms with Crippen molar-refractivity contribution in [3.05, 3.63) is 70.5 Å². The van der Waals surface area contributed by atoms with Gasteiger partial charge in [0.15, 0.2) is 22.5 Å². The minimum absolute atomic E-state index is 0. The average Bonchev–Trinajstić information content (AvgIpc) is 3.02. The molecule has 1 aliphatic heterocycles. The maximum Gasteiger partial charge on any atom is 0.274 e. The smallest absolute Gasteiger partial charge is 0.274 e. The van der Waals surface area contributed by atoms with Gasteiger partial charge in [0.1, 0.15) is 24.7 Å². The van der Waals surface area contributed by atoms with Crippen molar-refractivity contribution in [2.24, 2.45) is 0 Å². The number of hydrogen-bond donors (Lipinski definition) is 5. The largest absolute Gasteiger partial charge is 1.00 e. The van der Waals surface area contributed by atoms with E-state index in [-0.39, 0.29) is 67.4 Å². The van der Waals surface area contributed by atoms with Crippen LogP contribution in [0.15, 0.2) is 48.5 Å². The van der Waals surface area contributed by atoms with Crippen molar-refractivity contribution in [3.63, 3.8) is 0 Å². The highest BCUT2D eigenvalue weighted by Gasteiger charge is 2.35. The molecule has 0 bridgehead atoms. The second kappa shape index (κ2) is 18.0. The molecule has 3 aromatic rings. The lowest BCUT2D eigenvalue weighted by Gasteiger charge is -2.45. The van der Waals surface area contributed by atoms with Crippen LogP contribution in [0.3, 0.4) is 0 Å². The highest BCUT2D eigenvalue weighted by molar-refractivity contribution is 6.31. The Kier molecular flexibility index (Phi) is 14.4. The number of carbonyl (C=O) groups excluding carboxylic acids is 1. The fourth-order valence-electron chi connectivity index (χ4n) is 5.89. The van der Waals surface area contributed by atoms with Gasteiger partial charge in [-0.05, 0) is 61.1 Å². The van der Waals surface area contributed by atoms with E-state index in [4.69, 9.17) is 42.8 Å². The molecule has 11 nitrogen and oxygen atoms in total. The number of carbonyl (C=O) groups is 1. The number of aryl methyl sites for hydroxylation is 2. The fraction of sp³-hybridized carbons (Fsp3) is 0.469. The Morgan fingerprint density at radius 3 is 1.93 bits per heavy atom. The Morgan fingerprint density at radius 2 is 1.42 bits per heavy atom. The Hall–Kier alpha value is -3.35. The normalized spacial score (nSPS) is 15.6. The van der Waals surface area contributed by atoms with Crippen LogP contribution in [0, 0.1) is 0 Å². The lowest BCUT2D eigenvalue weighted by molar-refractivity contribution is -0.933. The zero-order valence-electron chi connectivity index (χ0n) is 25.5. The maximum absolute atomic E-state index is 13.1. The summed E-state index contributed by atoms with van der Waals surface area (Å²) < 4.78 is 11.9. The van der Waals surface area contributed by atoms with E-state index < -0.39 is 5.91 Å². The summed E-state index contributed by atoms with van der Waals surface area (Å²) in [6, 6.07) is 16.0. The maximum atomic E-state index is 13.1. The first-order valence-corrected chi connectivity index (χ1v) is 15.6. The van der Waals surface area contributed by atoms with E-state index in [9.17, 15) is 4.79 Å². The molecule has 246 valence electrons. The summed E-state index contributed by atoms with van der Waals surface area (Å²) >= 11 is 6.02. The van der Waals surface area contributed by atoms with Crippen molar-refractivity contribution < 1.29 is 41.4 Å². The highest BCUT2D eigenvalue weighted by atomic mass is 35.5. The number of nitrogen functional groups attached to an aromatic ring is 2. The molecule has 0 saturated carbocycles. The van der Waals surface area contributed by atoms with Gasteiger partial charge in [0.25, 0.3) is 5.91 Å². The van der Waals surface area contributed by atoms with E-state index in [1.165, 1.54) is 11.1 Å². The molecule has 1 unspecified atom stereocenters. The number of benzene rings is 2. The number of halogens is 2. The summed E-state index contributed by atoms with van der Waals surface area (Å²) in [5.74, 6) is 1.06. The first-order chi connectivity index (χ1) is 21.3. The Morgan fingerprint density at radius 1 is 0.889 bits per heavy atom.